The Balaban J connectivity index is 5.32. The molecule has 0 aromatic rings. The van der Waals surface area contributed by atoms with Crippen LogP contribution in [0.1, 0.15) is 67.2 Å². The van der Waals surface area contributed by atoms with Crippen LogP contribution in [0.5, 0.6) is 0 Å². The predicted octanol–water partition coefficient (Wildman–Crippen LogP) is 3.48. The van der Waals surface area contributed by atoms with E-state index >= 15 is 0 Å². The fourth-order valence-electron chi connectivity index (χ4n) is 2.86. The number of carboxylic acids is 1. The van der Waals surface area contributed by atoms with Gasteiger partial charge in [0.25, 0.3) is 0 Å². The van der Waals surface area contributed by atoms with Crippen molar-refractivity contribution in [3.8, 4) is 0 Å². The summed E-state index contributed by atoms with van der Waals surface area (Å²) in [7, 11) is 0. The minimum absolute atomic E-state index is 0.0160. The number of rotatable bonds is 9. The Labute approximate surface area is 121 Å². The molecule has 0 saturated carbocycles. The monoisotopic (exact) mass is 284 g/mol. The highest BCUT2D eigenvalue weighted by molar-refractivity contribution is 5.84. The van der Waals surface area contributed by atoms with E-state index in [4.69, 9.17) is 0 Å². The van der Waals surface area contributed by atoms with Crippen molar-refractivity contribution in [1.29, 1.82) is 0 Å². The fraction of sp³-hybridized carbons (Fsp3) is 0.812. The van der Waals surface area contributed by atoms with E-state index in [2.05, 4.69) is 0 Å². The molecule has 20 heavy (non-hydrogen) atoms. The van der Waals surface area contributed by atoms with Crippen LogP contribution >= 0.6 is 0 Å². The zero-order valence-electron chi connectivity index (χ0n) is 13.6. The number of carboxylic acid groups (broad SMARTS) is 1. The number of aliphatic carboxylic acids is 1. The van der Waals surface area contributed by atoms with Crippen molar-refractivity contribution in [2.24, 2.45) is 16.7 Å². The molecule has 0 aromatic carbocycles. The number of ketones is 2. The van der Waals surface area contributed by atoms with E-state index in [0.717, 1.165) is 6.42 Å². The van der Waals surface area contributed by atoms with Gasteiger partial charge in [-0.05, 0) is 40.0 Å². The molecule has 0 amide bonds. The first kappa shape index (κ1) is 18.8. The molecular weight excluding hydrogens is 256 g/mol. The summed E-state index contributed by atoms with van der Waals surface area (Å²) in [5, 5.41) is 9.55. The van der Waals surface area contributed by atoms with E-state index in [1.165, 1.54) is 13.8 Å². The van der Waals surface area contributed by atoms with Gasteiger partial charge in [0.05, 0.1) is 5.41 Å². The van der Waals surface area contributed by atoms with Crippen molar-refractivity contribution in [3.63, 3.8) is 0 Å². The van der Waals surface area contributed by atoms with Gasteiger partial charge >= 0.3 is 5.97 Å². The first-order valence-electron chi connectivity index (χ1n) is 7.23. The van der Waals surface area contributed by atoms with Gasteiger partial charge in [-0.1, -0.05) is 27.2 Å². The van der Waals surface area contributed by atoms with Crippen LogP contribution in [0.2, 0.25) is 0 Å². The van der Waals surface area contributed by atoms with Crippen LogP contribution < -0.4 is 0 Å². The predicted molar refractivity (Wildman–Crippen MR) is 78.5 cm³/mol. The summed E-state index contributed by atoms with van der Waals surface area (Å²) in [6, 6.07) is 0. The summed E-state index contributed by atoms with van der Waals surface area (Å²) in [4.78, 5) is 35.0. The molecule has 0 aliphatic heterocycles. The standard InChI is InChI=1S/C16H28O4/c1-7-8-15(5,13(4)18)10-16(6,14(19)20)9-11(2)12(3)17/h11H,7-10H2,1-6H3,(H,19,20). The maximum atomic E-state index is 11.9. The third-order valence-corrected chi connectivity index (χ3v) is 4.40. The molecule has 0 fully saturated rings. The van der Waals surface area contributed by atoms with Gasteiger partial charge in [-0.15, -0.1) is 0 Å². The number of carbonyl (C=O) groups excluding carboxylic acids is 2. The summed E-state index contributed by atoms with van der Waals surface area (Å²) in [5.74, 6) is -1.25. The average Bonchev–Trinajstić information content (AvgIpc) is 2.28. The summed E-state index contributed by atoms with van der Waals surface area (Å²) in [6.07, 6.45) is 2.04. The van der Waals surface area contributed by atoms with E-state index in [1.807, 2.05) is 13.8 Å². The fourth-order valence-corrected chi connectivity index (χ4v) is 2.86. The average molecular weight is 284 g/mol. The summed E-state index contributed by atoms with van der Waals surface area (Å²) in [6.45, 7) is 10.2. The minimum Gasteiger partial charge on any atom is -0.481 e. The highest BCUT2D eigenvalue weighted by Crippen LogP contribution is 2.42. The number of hydrogen-bond acceptors (Lipinski definition) is 3. The van der Waals surface area contributed by atoms with Crippen LogP contribution in [0.3, 0.4) is 0 Å². The van der Waals surface area contributed by atoms with Crippen molar-refractivity contribution >= 4 is 17.5 Å². The molecule has 0 saturated heterocycles. The van der Waals surface area contributed by atoms with Gasteiger partial charge in [-0.2, -0.15) is 0 Å². The smallest absolute Gasteiger partial charge is 0.309 e. The Morgan fingerprint density at radius 3 is 1.90 bits per heavy atom. The van der Waals surface area contributed by atoms with Crippen LogP contribution in [0.15, 0.2) is 0 Å². The van der Waals surface area contributed by atoms with E-state index in [-0.39, 0.29) is 30.3 Å². The molecule has 0 aromatic heterocycles. The molecule has 0 heterocycles. The van der Waals surface area contributed by atoms with Crippen LogP contribution in [0.4, 0.5) is 0 Å². The van der Waals surface area contributed by atoms with Gasteiger partial charge in [0, 0.05) is 11.3 Å². The number of carbonyl (C=O) groups is 3. The van der Waals surface area contributed by atoms with Gasteiger partial charge in [-0.25, -0.2) is 0 Å². The Kier molecular flexibility index (Phi) is 6.59. The topological polar surface area (TPSA) is 71.4 Å². The van der Waals surface area contributed by atoms with Crippen molar-refractivity contribution in [2.45, 2.75) is 67.2 Å². The Bertz CT molecular complexity index is 388. The molecule has 0 rings (SSSR count). The molecule has 3 unspecified atom stereocenters. The number of hydrogen-bond donors (Lipinski definition) is 1. The van der Waals surface area contributed by atoms with Crippen molar-refractivity contribution in [2.75, 3.05) is 0 Å². The Morgan fingerprint density at radius 1 is 1.10 bits per heavy atom. The summed E-state index contributed by atoms with van der Waals surface area (Å²) >= 11 is 0. The lowest BCUT2D eigenvalue weighted by Gasteiger charge is -2.36. The summed E-state index contributed by atoms with van der Waals surface area (Å²) in [5.41, 5.74) is -1.70. The van der Waals surface area contributed by atoms with Crippen molar-refractivity contribution in [3.05, 3.63) is 0 Å². The molecular formula is C16H28O4. The second-order valence-electron chi connectivity index (χ2n) is 6.63. The second-order valence-corrected chi connectivity index (χ2v) is 6.63. The second kappa shape index (κ2) is 7.00. The molecule has 0 bridgehead atoms. The lowest BCUT2D eigenvalue weighted by molar-refractivity contribution is -0.152. The highest BCUT2D eigenvalue weighted by Gasteiger charge is 2.43. The normalized spacial score (nSPS) is 18.7. The molecule has 0 aliphatic rings. The first-order valence-corrected chi connectivity index (χ1v) is 7.23. The Morgan fingerprint density at radius 2 is 1.60 bits per heavy atom. The largest absolute Gasteiger partial charge is 0.481 e. The maximum absolute atomic E-state index is 11.9. The SMILES string of the molecule is CCCC(C)(CC(C)(CC(C)C(C)=O)C(=O)O)C(C)=O. The molecule has 0 radical (unpaired) electrons. The van der Waals surface area contributed by atoms with E-state index in [1.54, 1.807) is 13.8 Å². The molecule has 4 heteroatoms. The molecule has 1 N–H and O–H groups in total. The first-order chi connectivity index (χ1) is 8.98. The molecule has 0 aliphatic carbocycles. The van der Waals surface area contributed by atoms with E-state index in [9.17, 15) is 19.5 Å². The van der Waals surface area contributed by atoms with Crippen LogP contribution in [0.25, 0.3) is 0 Å². The van der Waals surface area contributed by atoms with Gasteiger partial charge in [0.15, 0.2) is 0 Å². The highest BCUT2D eigenvalue weighted by atomic mass is 16.4. The van der Waals surface area contributed by atoms with Crippen molar-refractivity contribution in [1.82, 2.24) is 0 Å². The van der Waals surface area contributed by atoms with E-state index < -0.39 is 16.8 Å². The molecule has 3 atom stereocenters. The lowest BCUT2D eigenvalue weighted by atomic mass is 9.66. The van der Waals surface area contributed by atoms with Crippen LogP contribution in [-0.4, -0.2) is 22.6 Å². The minimum atomic E-state index is -1.05. The van der Waals surface area contributed by atoms with Crippen LogP contribution in [-0.2, 0) is 14.4 Å². The maximum Gasteiger partial charge on any atom is 0.309 e. The summed E-state index contributed by atoms with van der Waals surface area (Å²) < 4.78 is 0. The molecule has 0 spiro atoms. The third kappa shape index (κ3) is 4.73. The van der Waals surface area contributed by atoms with Gasteiger partial charge in [0.1, 0.15) is 11.6 Å². The quantitative estimate of drug-likeness (QED) is 0.703. The van der Waals surface area contributed by atoms with Crippen LogP contribution in [0, 0.1) is 16.7 Å². The zero-order chi connectivity index (χ0) is 16.1. The zero-order valence-corrected chi connectivity index (χ0v) is 13.6. The molecule has 4 nitrogen and oxygen atoms in total. The van der Waals surface area contributed by atoms with E-state index in [0.29, 0.717) is 6.42 Å². The lowest BCUT2D eigenvalue weighted by Crippen LogP contribution is -2.39. The van der Waals surface area contributed by atoms with Gasteiger partial charge < -0.3 is 5.11 Å². The molecule has 116 valence electrons. The number of Topliss-reactive ketones (excluding diaryl/α,β-unsaturated/α-hetero) is 2. The Hall–Kier alpha value is -1.19. The van der Waals surface area contributed by atoms with Gasteiger partial charge in [-0.3, -0.25) is 14.4 Å². The van der Waals surface area contributed by atoms with Crippen molar-refractivity contribution < 1.29 is 19.5 Å². The third-order valence-electron chi connectivity index (χ3n) is 4.40. The van der Waals surface area contributed by atoms with Gasteiger partial charge in [0.2, 0.25) is 0 Å².